The molecular formula is C12H8F3NO3. The first-order valence-electron chi connectivity index (χ1n) is 5.18. The van der Waals surface area contributed by atoms with Crippen LogP contribution in [0.4, 0.5) is 13.2 Å². The zero-order valence-electron chi connectivity index (χ0n) is 9.65. The van der Waals surface area contributed by atoms with E-state index in [2.05, 4.69) is 4.98 Å². The van der Waals surface area contributed by atoms with Crippen molar-refractivity contribution in [1.82, 2.24) is 4.98 Å². The second kappa shape index (κ2) is 4.42. The van der Waals surface area contributed by atoms with Gasteiger partial charge in [0.15, 0.2) is 5.69 Å². The molecule has 0 radical (unpaired) electrons. The maximum atomic E-state index is 12.7. The molecule has 0 atom stereocenters. The Morgan fingerprint density at radius 2 is 1.95 bits per heavy atom. The minimum absolute atomic E-state index is 0.320. The largest absolute Gasteiger partial charge is 0.475 e. The number of alkyl halides is 3. The van der Waals surface area contributed by atoms with Crippen LogP contribution in [0.15, 0.2) is 28.7 Å². The molecule has 1 aromatic carbocycles. The molecule has 7 heteroatoms. The van der Waals surface area contributed by atoms with Crippen molar-refractivity contribution in [2.24, 2.45) is 0 Å². The van der Waals surface area contributed by atoms with E-state index in [1.54, 1.807) is 25.1 Å². The Kier molecular flexibility index (Phi) is 3.05. The Morgan fingerprint density at radius 1 is 1.32 bits per heavy atom. The molecule has 0 aliphatic rings. The lowest BCUT2D eigenvalue weighted by Gasteiger charge is -2.01. The molecule has 4 nitrogen and oxygen atoms in total. The predicted molar refractivity (Wildman–Crippen MR) is 58.6 cm³/mol. The Hall–Kier alpha value is -2.31. The Morgan fingerprint density at radius 3 is 2.42 bits per heavy atom. The maximum absolute atomic E-state index is 12.7. The summed E-state index contributed by atoms with van der Waals surface area (Å²) in [6, 6.07) is 6.46. The standard InChI is InChI=1S/C12H8F3NO3/c1-6-4-2-3-5-7(6)10-16-9(12(13,14)15)8(19-10)11(17)18/h2-5H,1H3,(H,17,18). The number of carboxylic acid groups (broad SMARTS) is 1. The number of aryl methyl sites for hydroxylation is 1. The van der Waals surface area contributed by atoms with Crippen LogP contribution in [-0.4, -0.2) is 16.1 Å². The molecule has 100 valence electrons. The molecule has 2 rings (SSSR count). The molecular weight excluding hydrogens is 263 g/mol. The number of nitrogens with zero attached hydrogens (tertiary/aromatic N) is 1. The van der Waals surface area contributed by atoms with E-state index in [0.29, 0.717) is 11.1 Å². The number of aromatic nitrogens is 1. The summed E-state index contributed by atoms with van der Waals surface area (Å²) in [4.78, 5) is 14.0. The predicted octanol–water partition coefficient (Wildman–Crippen LogP) is 3.37. The minimum atomic E-state index is -4.88. The molecule has 1 aromatic heterocycles. The van der Waals surface area contributed by atoms with Gasteiger partial charge < -0.3 is 9.52 Å². The first-order valence-corrected chi connectivity index (χ1v) is 5.18. The summed E-state index contributed by atoms with van der Waals surface area (Å²) in [6.07, 6.45) is -4.88. The first kappa shape index (κ1) is 13.1. The Labute approximate surface area is 105 Å². The second-order valence-electron chi connectivity index (χ2n) is 3.81. The van der Waals surface area contributed by atoms with E-state index in [4.69, 9.17) is 9.52 Å². The molecule has 0 aliphatic heterocycles. The highest BCUT2D eigenvalue weighted by atomic mass is 19.4. The number of carboxylic acids is 1. The summed E-state index contributed by atoms with van der Waals surface area (Å²) in [5.74, 6) is -3.37. The monoisotopic (exact) mass is 271 g/mol. The van der Waals surface area contributed by atoms with Gasteiger partial charge in [0.2, 0.25) is 11.7 Å². The van der Waals surface area contributed by atoms with Crippen LogP contribution < -0.4 is 0 Å². The number of benzene rings is 1. The molecule has 0 saturated heterocycles. The van der Waals surface area contributed by atoms with Crippen LogP contribution in [0.25, 0.3) is 11.5 Å². The third kappa shape index (κ3) is 2.44. The lowest BCUT2D eigenvalue weighted by molar-refractivity contribution is -0.141. The summed E-state index contributed by atoms with van der Waals surface area (Å²) < 4.78 is 42.7. The second-order valence-corrected chi connectivity index (χ2v) is 3.81. The van der Waals surface area contributed by atoms with Crippen molar-refractivity contribution in [2.75, 3.05) is 0 Å². The lowest BCUT2D eigenvalue weighted by atomic mass is 10.1. The van der Waals surface area contributed by atoms with Gasteiger partial charge in [-0.2, -0.15) is 13.2 Å². The van der Waals surface area contributed by atoms with Gasteiger partial charge in [-0.1, -0.05) is 18.2 Å². The van der Waals surface area contributed by atoms with Gasteiger partial charge in [-0.05, 0) is 18.6 Å². The zero-order chi connectivity index (χ0) is 14.2. The molecule has 0 unspecified atom stereocenters. The third-order valence-electron chi connectivity index (χ3n) is 2.47. The van der Waals surface area contributed by atoms with Crippen molar-refractivity contribution in [3.63, 3.8) is 0 Å². The molecule has 2 aromatic rings. The highest BCUT2D eigenvalue weighted by Crippen LogP contribution is 2.34. The van der Waals surface area contributed by atoms with E-state index in [1.807, 2.05) is 0 Å². The van der Waals surface area contributed by atoms with Gasteiger partial charge in [0.05, 0.1) is 0 Å². The summed E-state index contributed by atoms with van der Waals surface area (Å²) in [6.45, 7) is 1.66. The van der Waals surface area contributed by atoms with Crippen LogP contribution in [0.3, 0.4) is 0 Å². The van der Waals surface area contributed by atoms with Gasteiger partial charge >= 0.3 is 12.1 Å². The molecule has 0 amide bonds. The molecule has 1 heterocycles. The summed E-state index contributed by atoms with van der Waals surface area (Å²) >= 11 is 0. The number of carbonyl (C=O) groups is 1. The highest BCUT2D eigenvalue weighted by Gasteiger charge is 2.41. The average molecular weight is 271 g/mol. The zero-order valence-corrected chi connectivity index (χ0v) is 9.65. The van der Waals surface area contributed by atoms with Crippen molar-refractivity contribution < 1.29 is 27.5 Å². The Bertz CT molecular complexity index is 631. The summed E-state index contributed by atoms with van der Waals surface area (Å²) in [7, 11) is 0. The summed E-state index contributed by atoms with van der Waals surface area (Å²) in [5, 5.41) is 8.72. The van der Waals surface area contributed by atoms with Gasteiger partial charge in [0, 0.05) is 5.56 Å². The fraction of sp³-hybridized carbons (Fsp3) is 0.167. The quantitative estimate of drug-likeness (QED) is 0.909. The van der Waals surface area contributed by atoms with Crippen LogP contribution in [0.5, 0.6) is 0 Å². The van der Waals surface area contributed by atoms with Crippen molar-refractivity contribution in [3.05, 3.63) is 41.3 Å². The van der Waals surface area contributed by atoms with E-state index >= 15 is 0 Å². The molecule has 0 aliphatic carbocycles. The lowest BCUT2D eigenvalue weighted by Crippen LogP contribution is -2.11. The fourth-order valence-electron chi connectivity index (χ4n) is 1.59. The number of rotatable bonds is 2. The van der Waals surface area contributed by atoms with Crippen molar-refractivity contribution in [1.29, 1.82) is 0 Å². The molecule has 0 saturated carbocycles. The van der Waals surface area contributed by atoms with E-state index in [9.17, 15) is 18.0 Å². The maximum Gasteiger partial charge on any atom is 0.437 e. The number of hydrogen-bond acceptors (Lipinski definition) is 3. The van der Waals surface area contributed by atoms with Gasteiger partial charge in [-0.25, -0.2) is 9.78 Å². The molecule has 0 fully saturated rings. The first-order chi connectivity index (χ1) is 8.80. The van der Waals surface area contributed by atoms with Crippen LogP contribution >= 0.6 is 0 Å². The van der Waals surface area contributed by atoms with Crippen LogP contribution in [-0.2, 0) is 6.18 Å². The number of halogens is 3. The number of oxazole rings is 1. The molecule has 1 N–H and O–H groups in total. The smallest absolute Gasteiger partial charge is 0.437 e. The highest BCUT2D eigenvalue weighted by molar-refractivity contribution is 5.86. The van der Waals surface area contributed by atoms with E-state index in [-0.39, 0.29) is 5.89 Å². The molecule has 19 heavy (non-hydrogen) atoms. The minimum Gasteiger partial charge on any atom is -0.475 e. The topological polar surface area (TPSA) is 63.3 Å². The summed E-state index contributed by atoms with van der Waals surface area (Å²) in [5.41, 5.74) is -0.576. The van der Waals surface area contributed by atoms with E-state index in [0.717, 1.165) is 0 Å². The van der Waals surface area contributed by atoms with Gasteiger partial charge in [0.25, 0.3) is 0 Å². The van der Waals surface area contributed by atoms with Crippen molar-refractivity contribution >= 4 is 5.97 Å². The van der Waals surface area contributed by atoms with Crippen LogP contribution in [0, 0.1) is 6.92 Å². The average Bonchev–Trinajstić information content (AvgIpc) is 2.74. The molecule has 0 spiro atoms. The van der Waals surface area contributed by atoms with Crippen molar-refractivity contribution in [3.8, 4) is 11.5 Å². The normalized spacial score (nSPS) is 11.6. The number of aromatic carboxylic acids is 1. The third-order valence-corrected chi connectivity index (χ3v) is 2.47. The fourth-order valence-corrected chi connectivity index (χ4v) is 1.59. The SMILES string of the molecule is Cc1ccccc1-c1nc(C(F)(F)F)c(C(=O)O)o1. The number of hydrogen-bond donors (Lipinski definition) is 1. The van der Waals surface area contributed by atoms with E-state index < -0.39 is 23.6 Å². The van der Waals surface area contributed by atoms with E-state index in [1.165, 1.54) is 6.07 Å². The van der Waals surface area contributed by atoms with Crippen molar-refractivity contribution in [2.45, 2.75) is 13.1 Å². The van der Waals surface area contributed by atoms with Crippen LogP contribution in [0.2, 0.25) is 0 Å². The van der Waals surface area contributed by atoms with Gasteiger partial charge in [-0.3, -0.25) is 0 Å². The molecule has 0 bridgehead atoms. The van der Waals surface area contributed by atoms with Gasteiger partial charge in [0.1, 0.15) is 0 Å². The van der Waals surface area contributed by atoms with Crippen LogP contribution in [0.1, 0.15) is 21.8 Å². The Balaban J connectivity index is 2.62. The van der Waals surface area contributed by atoms with Gasteiger partial charge in [-0.15, -0.1) is 0 Å².